The topological polar surface area (TPSA) is 62.0 Å². The zero-order valence-electron chi connectivity index (χ0n) is 16.3. The van der Waals surface area contributed by atoms with Crippen molar-refractivity contribution in [3.63, 3.8) is 0 Å². The maximum atomic E-state index is 13.3. The zero-order valence-corrected chi connectivity index (χ0v) is 17.0. The van der Waals surface area contributed by atoms with Crippen LogP contribution in [0.4, 0.5) is 4.39 Å². The van der Waals surface area contributed by atoms with Crippen molar-refractivity contribution >= 4 is 29.1 Å². The smallest absolute Gasteiger partial charge is 0.295 e. The zero-order chi connectivity index (χ0) is 21.1. The Morgan fingerprint density at radius 3 is 2.31 bits per heavy atom. The molecule has 0 radical (unpaired) electrons. The molecule has 0 spiro atoms. The number of aliphatic hydroxyl groups is 1. The summed E-state index contributed by atoms with van der Waals surface area (Å²) in [6.45, 7) is 1.21. The van der Waals surface area contributed by atoms with E-state index in [1.54, 1.807) is 24.3 Å². The third kappa shape index (κ3) is 4.49. The molecule has 29 heavy (non-hydrogen) atoms. The minimum atomic E-state index is -0.746. The number of nitrogens with one attached hydrogen (secondary N) is 1. The molecule has 0 aliphatic carbocycles. The minimum Gasteiger partial charge on any atom is -0.507 e. The number of rotatable bonds is 6. The van der Waals surface area contributed by atoms with Gasteiger partial charge in [-0.05, 0) is 42.0 Å². The van der Waals surface area contributed by atoms with E-state index >= 15 is 0 Å². The highest BCUT2D eigenvalue weighted by atomic mass is 35.5. The lowest BCUT2D eigenvalue weighted by molar-refractivity contribution is -0.858. The Kier molecular flexibility index (Phi) is 6.35. The van der Waals surface area contributed by atoms with Crippen LogP contribution in [-0.4, -0.2) is 48.9 Å². The molecule has 5 nitrogen and oxygen atoms in total. The van der Waals surface area contributed by atoms with E-state index in [0.29, 0.717) is 23.6 Å². The standard InChI is InChI=1S/C22H22ClFN2O3/c1-25(2)12-3-13-26-19(14-4-8-16(23)9-5-14)18(21(28)22(26)29)20(27)15-6-10-17(24)11-7-15/h4-11,19,27H,3,12-13H2,1-2H3/p+1/t19-/m0/s1. The van der Waals surface area contributed by atoms with E-state index in [4.69, 9.17) is 11.6 Å². The Hall–Kier alpha value is -2.70. The first-order valence-electron chi connectivity index (χ1n) is 9.38. The highest BCUT2D eigenvalue weighted by Gasteiger charge is 2.45. The fourth-order valence-corrected chi connectivity index (χ4v) is 3.59. The molecule has 7 heteroatoms. The van der Waals surface area contributed by atoms with E-state index < -0.39 is 23.5 Å². The Balaban J connectivity index is 2.07. The Morgan fingerprint density at radius 1 is 1.10 bits per heavy atom. The summed E-state index contributed by atoms with van der Waals surface area (Å²) in [7, 11) is 4.03. The van der Waals surface area contributed by atoms with Gasteiger partial charge >= 0.3 is 0 Å². The summed E-state index contributed by atoms with van der Waals surface area (Å²) in [5, 5.41) is 11.4. The molecule has 2 aromatic rings. The highest BCUT2D eigenvalue weighted by Crippen LogP contribution is 2.39. The lowest BCUT2D eigenvalue weighted by atomic mass is 9.95. The van der Waals surface area contributed by atoms with Gasteiger partial charge in [-0.15, -0.1) is 0 Å². The van der Waals surface area contributed by atoms with Crippen molar-refractivity contribution in [2.75, 3.05) is 27.2 Å². The maximum Gasteiger partial charge on any atom is 0.295 e. The molecule has 2 aromatic carbocycles. The van der Waals surface area contributed by atoms with Gasteiger partial charge in [0.25, 0.3) is 11.7 Å². The average molecular weight is 418 g/mol. The number of nitrogens with zero attached hydrogens (tertiary/aromatic N) is 1. The van der Waals surface area contributed by atoms with Crippen LogP contribution in [0, 0.1) is 5.82 Å². The summed E-state index contributed by atoms with van der Waals surface area (Å²) >= 11 is 5.99. The van der Waals surface area contributed by atoms with E-state index in [1.165, 1.54) is 34.1 Å². The van der Waals surface area contributed by atoms with Crippen LogP contribution in [0.5, 0.6) is 0 Å². The first kappa shape index (κ1) is 21.0. The van der Waals surface area contributed by atoms with Crippen LogP contribution in [0.1, 0.15) is 23.6 Å². The molecule has 1 amide bonds. The number of amides is 1. The van der Waals surface area contributed by atoms with Gasteiger partial charge in [-0.1, -0.05) is 23.7 Å². The number of carbonyl (C=O) groups is 2. The second kappa shape index (κ2) is 8.76. The van der Waals surface area contributed by atoms with Crippen LogP contribution in [0.15, 0.2) is 54.1 Å². The molecule has 152 valence electrons. The number of ketones is 1. The number of hydrogen-bond acceptors (Lipinski definition) is 3. The first-order chi connectivity index (χ1) is 13.8. The number of aliphatic hydroxyl groups excluding tert-OH is 1. The molecule has 1 heterocycles. The molecule has 0 unspecified atom stereocenters. The molecular formula is C22H23ClFN2O3+. The van der Waals surface area contributed by atoms with E-state index in [9.17, 15) is 19.1 Å². The Bertz CT molecular complexity index is 940. The molecule has 0 saturated carbocycles. The Morgan fingerprint density at radius 2 is 1.72 bits per heavy atom. The van der Waals surface area contributed by atoms with Crippen LogP contribution in [0.2, 0.25) is 5.02 Å². The lowest BCUT2D eigenvalue weighted by Gasteiger charge is -2.25. The average Bonchev–Trinajstić information content (AvgIpc) is 2.93. The van der Waals surface area contributed by atoms with Crippen LogP contribution < -0.4 is 4.90 Å². The third-order valence-electron chi connectivity index (χ3n) is 4.92. The largest absolute Gasteiger partial charge is 0.507 e. The van der Waals surface area contributed by atoms with Gasteiger partial charge in [0.2, 0.25) is 0 Å². The molecule has 0 bridgehead atoms. The molecule has 1 aliphatic heterocycles. The summed E-state index contributed by atoms with van der Waals surface area (Å²) < 4.78 is 13.3. The monoisotopic (exact) mass is 417 g/mol. The van der Waals surface area contributed by atoms with E-state index in [-0.39, 0.29) is 16.9 Å². The summed E-state index contributed by atoms with van der Waals surface area (Å²) in [6, 6.07) is 11.3. The maximum absolute atomic E-state index is 13.3. The molecular weight excluding hydrogens is 395 g/mol. The summed E-state index contributed by atoms with van der Waals surface area (Å²) in [5.41, 5.74) is 0.955. The molecule has 1 aliphatic rings. The van der Waals surface area contributed by atoms with Crippen molar-refractivity contribution < 1.29 is 24.0 Å². The third-order valence-corrected chi connectivity index (χ3v) is 5.17. The summed E-state index contributed by atoms with van der Waals surface area (Å²) in [4.78, 5) is 28.3. The quantitative estimate of drug-likeness (QED) is 0.431. The van der Waals surface area contributed by atoms with Gasteiger partial charge in [0.05, 0.1) is 32.3 Å². The molecule has 1 atom stereocenters. The summed E-state index contributed by atoms with van der Waals surface area (Å²) in [5.74, 6) is -2.17. The van der Waals surface area contributed by atoms with E-state index in [2.05, 4.69) is 0 Å². The van der Waals surface area contributed by atoms with Crippen LogP contribution in [-0.2, 0) is 9.59 Å². The van der Waals surface area contributed by atoms with Gasteiger partial charge in [-0.3, -0.25) is 9.59 Å². The van der Waals surface area contributed by atoms with Crippen molar-refractivity contribution in [3.05, 3.63) is 76.1 Å². The van der Waals surface area contributed by atoms with Gasteiger partial charge in [0, 0.05) is 23.6 Å². The molecule has 1 saturated heterocycles. The number of likely N-dealkylation sites (tertiary alicyclic amines) is 1. The number of halogens is 2. The number of hydrogen-bond donors (Lipinski definition) is 2. The van der Waals surface area contributed by atoms with Crippen molar-refractivity contribution in [2.24, 2.45) is 0 Å². The van der Waals surface area contributed by atoms with Crippen LogP contribution >= 0.6 is 11.6 Å². The van der Waals surface area contributed by atoms with Crippen molar-refractivity contribution in [3.8, 4) is 0 Å². The second-order valence-electron chi connectivity index (χ2n) is 7.36. The van der Waals surface area contributed by atoms with Crippen molar-refractivity contribution in [2.45, 2.75) is 12.5 Å². The fraction of sp³-hybridized carbons (Fsp3) is 0.273. The molecule has 0 aromatic heterocycles. The van der Waals surface area contributed by atoms with Crippen LogP contribution in [0.3, 0.4) is 0 Å². The number of benzene rings is 2. The van der Waals surface area contributed by atoms with Gasteiger partial charge in [0.1, 0.15) is 11.6 Å². The molecule has 1 fully saturated rings. The van der Waals surface area contributed by atoms with Crippen LogP contribution in [0.25, 0.3) is 5.76 Å². The predicted molar refractivity (Wildman–Crippen MR) is 109 cm³/mol. The normalized spacial score (nSPS) is 18.7. The number of quaternary nitrogens is 1. The number of Topliss-reactive ketones (excluding diaryl/α,β-unsaturated/α-hetero) is 1. The highest BCUT2D eigenvalue weighted by molar-refractivity contribution is 6.46. The van der Waals surface area contributed by atoms with E-state index in [0.717, 1.165) is 6.54 Å². The number of carbonyl (C=O) groups excluding carboxylic acids is 2. The van der Waals surface area contributed by atoms with Gasteiger partial charge < -0.3 is 14.9 Å². The van der Waals surface area contributed by atoms with Gasteiger partial charge in [-0.25, -0.2) is 4.39 Å². The lowest BCUT2D eigenvalue weighted by Crippen LogP contribution is -3.05. The van der Waals surface area contributed by atoms with Gasteiger partial charge in [0.15, 0.2) is 0 Å². The fourth-order valence-electron chi connectivity index (χ4n) is 3.47. The SMILES string of the molecule is C[NH+](C)CCCN1C(=O)C(=O)C(=C(O)c2ccc(F)cc2)[C@@H]1c1ccc(Cl)cc1. The molecule has 2 N–H and O–H groups in total. The minimum absolute atomic E-state index is 0.00105. The predicted octanol–water partition coefficient (Wildman–Crippen LogP) is 2.44. The summed E-state index contributed by atoms with van der Waals surface area (Å²) in [6.07, 6.45) is 0.704. The van der Waals surface area contributed by atoms with Crippen molar-refractivity contribution in [1.29, 1.82) is 0 Å². The first-order valence-corrected chi connectivity index (χ1v) is 9.76. The molecule has 3 rings (SSSR count). The second-order valence-corrected chi connectivity index (χ2v) is 7.80. The van der Waals surface area contributed by atoms with Gasteiger partial charge in [-0.2, -0.15) is 0 Å². The van der Waals surface area contributed by atoms with E-state index in [1.807, 2.05) is 14.1 Å². The Labute approximate surface area is 174 Å². The van der Waals surface area contributed by atoms with Crippen molar-refractivity contribution in [1.82, 2.24) is 4.90 Å².